The van der Waals surface area contributed by atoms with Crippen LogP contribution >= 0.6 is 0 Å². The number of aliphatic carboxylic acids is 1. The number of hydrogen-bond donors (Lipinski definition) is 1. The SMILES string of the molecule is C1CO1.CC(C)(C)C=CC(=O)O. The quantitative estimate of drug-likeness (QED) is 0.483. The maximum Gasteiger partial charge on any atom is 0.327 e. The van der Waals surface area contributed by atoms with Crippen molar-refractivity contribution in [2.75, 3.05) is 13.2 Å². The van der Waals surface area contributed by atoms with Crippen LogP contribution in [0.2, 0.25) is 0 Å². The summed E-state index contributed by atoms with van der Waals surface area (Å²) >= 11 is 0. The Bertz CT molecular complexity index is 160. The first-order chi connectivity index (χ1) is 5.42. The number of ether oxygens (including phenoxy) is 1. The van der Waals surface area contributed by atoms with Crippen molar-refractivity contribution in [3.8, 4) is 0 Å². The van der Waals surface area contributed by atoms with Crippen LogP contribution in [-0.2, 0) is 9.53 Å². The highest BCUT2D eigenvalue weighted by molar-refractivity contribution is 5.79. The van der Waals surface area contributed by atoms with E-state index in [1.54, 1.807) is 6.08 Å². The zero-order valence-corrected chi connectivity index (χ0v) is 7.83. The molecule has 0 unspecified atom stereocenters. The summed E-state index contributed by atoms with van der Waals surface area (Å²) in [6.45, 7) is 7.85. The first kappa shape index (κ1) is 11.2. The second kappa shape index (κ2) is 4.93. The van der Waals surface area contributed by atoms with Gasteiger partial charge < -0.3 is 9.84 Å². The summed E-state index contributed by atoms with van der Waals surface area (Å²) in [5.41, 5.74) is -0.0294. The summed E-state index contributed by atoms with van der Waals surface area (Å²) in [7, 11) is 0. The third-order valence-corrected chi connectivity index (χ3v) is 0.930. The number of carbonyl (C=O) groups is 1. The van der Waals surface area contributed by atoms with E-state index in [1.165, 1.54) is 6.08 Å². The molecule has 3 nitrogen and oxygen atoms in total. The summed E-state index contributed by atoms with van der Waals surface area (Å²) in [4.78, 5) is 9.96. The van der Waals surface area contributed by atoms with Gasteiger partial charge in [-0.1, -0.05) is 26.8 Å². The van der Waals surface area contributed by atoms with E-state index in [4.69, 9.17) is 5.11 Å². The molecular weight excluding hydrogens is 156 g/mol. The van der Waals surface area contributed by atoms with Crippen LogP contribution in [-0.4, -0.2) is 24.3 Å². The molecule has 0 aromatic rings. The van der Waals surface area contributed by atoms with E-state index in [9.17, 15) is 4.79 Å². The Kier molecular flexibility index (Phi) is 4.59. The van der Waals surface area contributed by atoms with E-state index in [2.05, 4.69) is 4.74 Å². The number of hydrogen-bond acceptors (Lipinski definition) is 2. The molecule has 3 heteroatoms. The van der Waals surface area contributed by atoms with Crippen LogP contribution < -0.4 is 0 Å². The number of allylic oxidation sites excluding steroid dienone is 1. The Hall–Kier alpha value is -0.830. The fraction of sp³-hybridized carbons (Fsp3) is 0.667. The smallest absolute Gasteiger partial charge is 0.327 e. The van der Waals surface area contributed by atoms with Crippen LogP contribution in [0.4, 0.5) is 0 Å². The van der Waals surface area contributed by atoms with Crippen LogP contribution in [0.3, 0.4) is 0 Å². The molecule has 1 aliphatic heterocycles. The van der Waals surface area contributed by atoms with Gasteiger partial charge in [-0.05, 0) is 5.41 Å². The van der Waals surface area contributed by atoms with Gasteiger partial charge in [0.05, 0.1) is 13.2 Å². The zero-order chi connectivity index (χ0) is 9.61. The Morgan fingerprint density at radius 2 is 1.83 bits per heavy atom. The predicted molar refractivity (Wildman–Crippen MR) is 47.0 cm³/mol. The van der Waals surface area contributed by atoms with Crippen molar-refractivity contribution < 1.29 is 14.6 Å². The van der Waals surface area contributed by atoms with Gasteiger partial charge in [0.25, 0.3) is 0 Å². The lowest BCUT2D eigenvalue weighted by Crippen LogP contribution is -2.00. The van der Waals surface area contributed by atoms with Gasteiger partial charge in [-0.25, -0.2) is 4.79 Å². The van der Waals surface area contributed by atoms with Gasteiger partial charge in [-0.15, -0.1) is 0 Å². The average molecular weight is 172 g/mol. The van der Waals surface area contributed by atoms with Crippen molar-refractivity contribution in [3.63, 3.8) is 0 Å². The second-order valence-electron chi connectivity index (χ2n) is 3.65. The number of epoxide rings is 1. The van der Waals surface area contributed by atoms with E-state index in [-0.39, 0.29) is 5.41 Å². The Labute approximate surface area is 73.0 Å². The second-order valence-corrected chi connectivity index (χ2v) is 3.65. The van der Waals surface area contributed by atoms with E-state index < -0.39 is 5.97 Å². The minimum Gasteiger partial charge on any atom is -0.478 e. The molecule has 0 spiro atoms. The molecule has 12 heavy (non-hydrogen) atoms. The molecule has 0 radical (unpaired) electrons. The van der Waals surface area contributed by atoms with E-state index in [0.29, 0.717) is 0 Å². The standard InChI is InChI=1S/C7H12O2.C2H4O/c1-7(2,3)5-4-6(8)9;1-2-3-1/h4-5H,1-3H3,(H,8,9);1-2H2. The molecule has 0 saturated carbocycles. The van der Waals surface area contributed by atoms with Crippen LogP contribution in [0, 0.1) is 5.41 Å². The molecule has 1 fully saturated rings. The van der Waals surface area contributed by atoms with Gasteiger partial charge in [-0.3, -0.25) is 0 Å². The number of rotatable bonds is 1. The monoisotopic (exact) mass is 172 g/mol. The van der Waals surface area contributed by atoms with Crippen molar-refractivity contribution in [1.82, 2.24) is 0 Å². The van der Waals surface area contributed by atoms with E-state index in [0.717, 1.165) is 13.2 Å². The van der Waals surface area contributed by atoms with Gasteiger partial charge in [0, 0.05) is 6.08 Å². The highest BCUT2D eigenvalue weighted by atomic mass is 16.6. The maximum atomic E-state index is 9.96. The van der Waals surface area contributed by atoms with Crippen LogP contribution in [0.15, 0.2) is 12.2 Å². The predicted octanol–water partition coefficient (Wildman–Crippen LogP) is 1.69. The van der Waals surface area contributed by atoms with Gasteiger partial charge in [0.2, 0.25) is 0 Å². The molecule has 0 atom stereocenters. The van der Waals surface area contributed by atoms with Crippen molar-refractivity contribution in [2.45, 2.75) is 20.8 Å². The van der Waals surface area contributed by atoms with E-state index in [1.807, 2.05) is 20.8 Å². The largest absolute Gasteiger partial charge is 0.478 e. The molecule has 0 amide bonds. The fourth-order valence-electron chi connectivity index (χ4n) is 0.321. The number of carboxylic acid groups (broad SMARTS) is 1. The summed E-state index contributed by atoms with van der Waals surface area (Å²) in [5.74, 6) is -0.884. The molecule has 1 saturated heterocycles. The lowest BCUT2D eigenvalue weighted by molar-refractivity contribution is -0.131. The summed E-state index contributed by atoms with van der Waals surface area (Å²) in [6, 6.07) is 0. The van der Waals surface area contributed by atoms with Crippen LogP contribution in [0.1, 0.15) is 20.8 Å². The first-order valence-corrected chi connectivity index (χ1v) is 3.92. The van der Waals surface area contributed by atoms with Gasteiger partial charge in [-0.2, -0.15) is 0 Å². The van der Waals surface area contributed by atoms with E-state index >= 15 is 0 Å². The average Bonchev–Trinajstić information content (AvgIpc) is 2.65. The first-order valence-electron chi connectivity index (χ1n) is 3.92. The van der Waals surface area contributed by atoms with Crippen molar-refractivity contribution in [1.29, 1.82) is 0 Å². The van der Waals surface area contributed by atoms with Gasteiger partial charge in [0.15, 0.2) is 0 Å². The molecule has 1 N–H and O–H groups in total. The lowest BCUT2D eigenvalue weighted by atomic mass is 9.96. The molecular formula is C9H16O3. The van der Waals surface area contributed by atoms with Crippen LogP contribution in [0.25, 0.3) is 0 Å². The Morgan fingerprint density at radius 1 is 1.42 bits per heavy atom. The lowest BCUT2D eigenvalue weighted by Gasteiger charge is -2.09. The van der Waals surface area contributed by atoms with Gasteiger partial charge in [0.1, 0.15) is 0 Å². The third kappa shape index (κ3) is 16.1. The molecule has 1 heterocycles. The van der Waals surface area contributed by atoms with Crippen LogP contribution in [0.5, 0.6) is 0 Å². The molecule has 1 aliphatic rings. The highest BCUT2D eigenvalue weighted by Crippen LogP contribution is 2.13. The zero-order valence-electron chi connectivity index (χ0n) is 7.83. The summed E-state index contributed by atoms with van der Waals surface area (Å²) in [5, 5.41) is 8.19. The van der Waals surface area contributed by atoms with Crippen molar-refractivity contribution >= 4 is 5.97 Å². The Morgan fingerprint density at radius 3 is 1.92 bits per heavy atom. The topological polar surface area (TPSA) is 49.8 Å². The van der Waals surface area contributed by atoms with Gasteiger partial charge >= 0.3 is 5.97 Å². The molecule has 0 aromatic carbocycles. The van der Waals surface area contributed by atoms with Crippen molar-refractivity contribution in [2.24, 2.45) is 5.41 Å². The summed E-state index contributed by atoms with van der Waals surface area (Å²) < 4.78 is 4.50. The molecule has 0 aromatic heterocycles. The molecule has 1 rings (SSSR count). The fourth-order valence-corrected chi connectivity index (χ4v) is 0.321. The molecule has 70 valence electrons. The number of carboxylic acids is 1. The minimum atomic E-state index is -0.884. The maximum absolute atomic E-state index is 9.96. The molecule has 0 aliphatic carbocycles. The molecule has 0 bridgehead atoms. The van der Waals surface area contributed by atoms with Crippen molar-refractivity contribution in [3.05, 3.63) is 12.2 Å². The highest BCUT2D eigenvalue weighted by Gasteiger charge is 2.03. The Balaban J connectivity index is 0.000000330. The minimum absolute atomic E-state index is 0.0294. The normalized spacial score (nSPS) is 15.2. The third-order valence-electron chi connectivity index (χ3n) is 0.930. The summed E-state index contributed by atoms with van der Waals surface area (Å²) in [6.07, 6.45) is 2.83.